The SMILES string of the molecule is CCCOc1ccccc1N(C)CCNC. The molecule has 1 aromatic carbocycles. The average molecular weight is 222 g/mol. The molecule has 0 saturated heterocycles. The van der Waals surface area contributed by atoms with Crippen LogP contribution < -0.4 is 15.0 Å². The van der Waals surface area contributed by atoms with E-state index in [1.54, 1.807) is 0 Å². The molecule has 0 aliphatic rings. The van der Waals surface area contributed by atoms with Gasteiger partial charge in [0, 0.05) is 20.1 Å². The van der Waals surface area contributed by atoms with Crippen molar-refractivity contribution in [3.63, 3.8) is 0 Å². The summed E-state index contributed by atoms with van der Waals surface area (Å²) in [5, 5.41) is 3.15. The predicted molar refractivity (Wildman–Crippen MR) is 69.4 cm³/mol. The summed E-state index contributed by atoms with van der Waals surface area (Å²) in [4.78, 5) is 2.21. The lowest BCUT2D eigenvalue weighted by atomic mass is 10.2. The first-order valence-electron chi connectivity index (χ1n) is 5.87. The van der Waals surface area contributed by atoms with Crippen molar-refractivity contribution >= 4 is 5.69 Å². The molecule has 0 aliphatic carbocycles. The minimum absolute atomic E-state index is 0.775. The molecule has 1 aromatic rings. The zero-order valence-corrected chi connectivity index (χ0v) is 10.5. The van der Waals surface area contributed by atoms with Crippen LogP contribution in [0.3, 0.4) is 0 Å². The Labute approximate surface area is 98.4 Å². The molecule has 0 aromatic heterocycles. The summed E-state index contributed by atoms with van der Waals surface area (Å²) in [5.74, 6) is 0.975. The van der Waals surface area contributed by atoms with E-state index in [9.17, 15) is 0 Å². The van der Waals surface area contributed by atoms with Gasteiger partial charge < -0.3 is 15.0 Å². The number of likely N-dealkylation sites (N-methyl/N-ethyl adjacent to an activating group) is 2. The van der Waals surface area contributed by atoms with E-state index in [2.05, 4.69) is 30.3 Å². The highest BCUT2D eigenvalue weighted by Gasteiger charge is 2.06. The Hall–Kier alpha value is -1.22. The number of nitrogens with one attached hydrogen (secondary N) is 1. The van der Waals surface area contributed by atoms with Gasteiger partial charge in [-0.1, -0.05) is 19.1 Å². The van der Waals surface area contributed by atoms with Crippen LogP contribution in [0.1, 0.15) is 13.3 Å². The summed E-state index contributed by atoms with van der Waals surface area (Å²) in [5.41, 5.74) is 1.16. The lowest BCUT2D eigenvalue weighted by Gasteiger charge is -2.22. The number of nitrogens with zero attached hydrogens (tertiary/aromatic N) is 1. The second-order valence-electron chi connectivity index (χ2n) is 3.84. The Morgan fingerprint density at radius 1 is 1.31 bits per heavy atom. The number of para-hydroxylation sites is 2. The summed E-state index contributed by atoms with van der Waals surface area (Å²) in [6, 6.07) is 8.19. The molecule has 0 radical (unpaired) electrons. The summed E-state index contributed by atoms with van der Waals surface area (Å²) in [7, 11) is 4.05. The summed E-state index contributed by atoms with van der Waals surface area (Å²) in [6.07, 6.45) is 1.04. The van der Waals surface area contributed by atoms with Crippen LogP contribution >= 0.6 is 0 Å². The molecule has 0 spiro atoms. The van der Waals surface area contributed by atoms with Gasteiger partial charge in [0.15, 0.2) is 0 Å². The predicted octanol–water partition coefficient (Wildman–Crippen LogP) is 2.13. The third kappa shape index (κ3) is 3.74. The fourth-order valence-corrected chi connectivity index (χ4v) is 1.51. The third-order valence-corrected chi connectivity index (χ3v) is 2.44. The van der Waals surface area contributed by atoms with Gasteiger partial charge in [-0.2, -0.15) is 0 Å². The molecule has 0 aliphatic heterocycles. The third-order valence-electron chi connectivity index (χ3n) is 2.44. The van der Waals surface area contributed by atoms with Crippen molar-refractivity contribution in [3.8, 4) is 5.75 Å². The van der Waals surface area contributed by atoms with E-state index >= 15 is 0 Å². The molecule has 0 heterocycles. The Kier molecular flexibility index (Phi) is 5.72. The van der Waals surface area contributed by atoms with Gasteiger partial charge in [-0.05, 0) is 25.6 Å². The molecule has 3 heteroatoms. The zero-order valence-electron chi connectivity index (χ0n) is 10.5. The standard InChI is InChI=1S/C13H22N2O/c1-4-11-16-13-8-6-5-7-12(13)15(3)10-9-14-2/h5-8,14H,4,9-11H2,1-3H3. The van der Waals surface area contributed by atoms with Crippen molar-refractivity contribution in [3.05, 3.63) is 24.3 Å². The number of ether oxygens (including phenoxy) is 1. The molecule has 0 atom stereocenters. The molecule has 1 N–H and O–H groups in total. The Bertz CT molecular complexity index is 302. The van der Waals surface area contributed by atoms with Crippen molar-refractivity contribution in [1.82, 2.24) is 5.32 Å². The number of anilines is 1. The highest BCUT2D eigenvalue weighted by Crippen LogP contribution is 2.26. The zero-order chi connectivity index (χ0) is 11.8. The van der Waals surface area contributed by atoms with Gasteiger partial charge in [0.2, 0.25) is 0 Å². The van der Waals surface area contributed by atoms with E-state index < -0.39 is 0 Å². The molecular formula is C13H22N2O. The van der Waals surface area contributed by atoms with Crippen molar-refractivity contribution in [1.29, 1.82) is 0 Å². The van der Waals surface area contributed by atoms with Gasteiger partial charge in [-0.25, -0.2) is 0 Å². The molecule has 1 rings (SSSR count). The number of rotatable bonds is 7. The van der Waals surface area contributed by atoms with Crippen LogP contribution in [0, 0.1) is 0 Å². The van der Waals surface area contributed by atoms with Crippen molar-refractivity contribution in [2.24, 2.45) is 0 Å². The molecule has 3 nitrogen and oxygen atoms in total. The summed E-state index contributed by atoms with van der Waals surface area (Å²) < 4.78 is 5.73. The monoisotopic (exact) mass is 222 g/mol. The normalized spacial score (nSPS) is 10.2. The number of hydrogen-bond donors (Lipinski definition) is 1. The van der Waals surface area contributed by atoms with Crippen molar-refractivity contribution in [2.45, 2.75) is 13.3 Å². The number of benzene rings is 1. The molecule has 0 amide bonds. The lowest BCUT2D eigenvalue weighted by molar-refractivity contribution is 0.318. The lowest BCUT2D eigenvalue weighted by Crippen LogP contribution is -2.27. The molecule has 90 valence electrons. The smallest absolute Gasteiger partial charge is 0.142 e. The van der Waals surface area contributed by atoms with Crippen LogP contribution in [0.5, 0.6) is 5.75 Å². The van der Waals surface area contributed by atoms with Crippen molar-refractivity contribution < 1.29 is 4.74 Å². The first-order chi connectivity index (χ1) is 7.79. The first kappa shape index (κ1) is 12.8. The minimum Gasteiger partial charge on any atom is -0.491 e. The van der Waals surface area contributed by atoms with E-state index in [0.717, 1.165) is 37.6 Å². The highest BCUT2D eigenvalue weighted by molar-refractivity contribution is 5.57. The molecule has 16 heavy (non-hydrogen) atoms. The Morgan fingerprint density at radius 2 is 2.06 bits per heavy atom. The molecular weight excluding hydrogens is 200 g/mol. The fraction of sp³-hybridized carbons (Fsp3) is 0.538. The summed E-state index contributed by atoms with van der Waals surface area (Å²) in [6.45, 7) is 4.84. The topological polar surface area (TPSA) is 24.5 Å². The molecule has 0 fully saturated rings. The van der Waals surface area contributed by atoms with Crippen LogP contribution in [-0.2, 0) is 0 Å². The van der Waals surface area contributed by atoms with Gasteiger partial charge >= 0.3 is 0 Å². The molecule has 0 saturated carbocycles. The van der Waals surface area contributed by atoms with Gasteiger partial charge in [-0.15, -0.1) is 0 Å². The van der Waals surface area contributed by atoms with Crippen LogP contribution in [0.25, 0.3) is 0 Å². The van der Waals surface area contributed by atoms with E-state index in [-0.39, 0.29) is 0 Å². The highest BCUT2D eigenvalue weighted by atomic mass is 16.5. The van der Waals surface area contributed by atoms with Gasteiger partial charge in [0.1, 0.15) is 5.75 Å². The van der Waals surface area contributed by atoms with Crippen LogP contribution in [0.2, 0.25) is 0 Å². The van der Waals surface area contributed by atoms with Gasteiger partial charge in [0.05, 0.1) is 12.3 Å². The van der Waals surface area contributed by atoms with E-state index in [1.807, 2.05) is 25.2 Å². The van der Waals surface area contributed by atoms with Crippen LogP contribution in [0.15, 0.2) is 24.3 Å². The summed E-state index contributed by atoms with van der Waals surface area (Å²) >= 11 is 0. The average Bonchev–Trinajstić information content (AvgIpc) is 2.33. The largest absolute Gasteiger partial charge is 0.491 e. The maximum atomic E-state index is 5.73. The quantitative estimate of drug-likeness (QED) is 0.765. The van der Waals surface area contributed by atoms with Crippen molar-refractivity contribution in [2.75, 3.05) is 38.7 Å². The number of hydrogen-bond acceptors (Lipinski definition) is 3. The maximum Gasteiger partial charge on any atom is 0.142 e. The molecule has 0 unspecified atom stereocenters. The second-order valence-corrected chi connectivity index (χ2v) is 3.84. The van der Waals surface area contributed by atoms with Gasteiger partial charge in [0.25, 0.3) is 0 Å². The Morgan fingerprint density at radius 3 is 2.75 bits per heavy atom. The van der Waals surface area contributed by atoms with E-state index in [1.165, 1.54) is 0 Å². The maximum absolute atomic E-state index is 5.73. The van der Waals surface area contributed by atoms with E-state index in [0.29, 0.717) is 0 Å². The molecule has 0 bridgehead atoms. The van der Waals surface area contributed by atoms with Crippen LogP contribution in [0.4, 0.5) is 5.69 Å². The minimum atomic E-state index is 0.775. The fourth-order valence-electron chi connectivity index (χ4n) is 1.51. The second kappa shape index (κ2) is 7.12. The van der Waals surface area contributed by atoms with Crippen LogP contribution in [-0.4, -0.2) is 33.8 Å². The Balaban J connectivity index is 2.68. The van der Waals surface area contributed by atoms with E-state index in [4.69, 9.17) is 4.74 Å². The first-order valence-corrected chi connectivity index (χ1v) is 5.87. The van der Waals surface area contributed by atoms with Gasteiger partial charge in [-0.3, -0.25) is 0 Å².